The maximum Gasteiger partial charge on any atom is 0.472 e. The topological polar surface area (TPSA) is 105 Å². The number of quaternary nitrogens is 1. The Morgan fingerprint density at radius 2 is 0.762 bits per heavy atom. The fourth-order valence-electron chi connectivity index (χ4n) is 8.80. The molecule has 8 nitrogen and oxygen atoms in total. The zero-order valence-corrected chi connectivity index (χ0v) is 53.2. The van der Waals surface area contributed by atoms with Crippen molar-refractivity contribution in [3.05, 3.63) is 134 Å². The van der Waals surface area contributed by atoms with Crippen molar-refractivity contribution in [2.45, 2.75) is 270 Å². The lowest BCUT2D eigenvalue weighted by Gasteiger charge is -2.25. The molecule has 0 aliphatic heterocycles. The minimum atomic E-state index is -4.38. The number of hydrogen-bond donors (Lipinski definition) is 3. The molecule has 0 spiro atoms. The van der Waals surface area contributed by atoms with E-state index in [2.05, 4.69) is 141 Å². The van der Waals surface area contributed by atoms with E-state index in [1.807, 2.05) is 27.2 Å². The van der Waals surface area contributed by atoms with Gasteiger partial charge >= 0.3 is 7.82 Å². The average molecular weight is 1130 g/mol. The zero-order chi connectivity index (χ0) is 58.4. The zero-order valence-electron chi connectivity index (χ0n) is 52.3. The van der Waals surface area contributed by atoms with Gasteiger partial charge in [0.1, 0.15) is 13.2 Å². The minimum absolute atomic E-state index is 0.0430. The number of unbranched alkanes of at least 4 members (excludes halogenated alkanes) is 25. The van der Waals surface area contributed by atoms with Crippen LogP contribution < -0.4 is 5.32 Å². The Morgan fingerprint density at radius 1 is 0.438 bits per heavy atom. The highest BCUT2D eigenvalue weighted by atomic mass is 31.2. The van der Waals surface area contributed by atoms with E-state index < -0.39 is 20.0 Å². The Hall–Kier alpha value is -3.36. The summed E-state index contributed by atoms with van der Waals surface area (Å²) < 4.78 is 23.7. The maximum absolute atomic E-state index is 13.0. The number of aliphatic hydroxyl groups is 1. The van der Waals surface area contributed by atoms with Gasteiger partial charge in [-0.05, 0) is 109 Å². The van der Waals surface area contributed by atoms with Crippen LogP contribution in [0.2, 0.25) is 0 Å². The summed E-state index contributed by atoms with van der Waals surface area (Å²) in [5.74, 6) is -0.210. The molecule has 3 unspecified atom stereocenters. The van der Waals surface area contributed by atoms with E-state index >= 15 is 0 Å². The first-order valence-electron chi connectivity index (χ1n) is 32.6. The van der Waals surface area contributed by atoms with Crippen LogP contribution in [-0.4, -0.2) is 73.4 Å². The number of allylic oxidation sites excluding steroid dienone is 21. The van der Waals surface area contributed by atoms with Crippen molar-refractivity contribution in [3.8, 4) is 0 Å². The van der Waals surface area contributed by atoms with E-state index in [9.17, 15) is 19.4 Å². The van der Waals surface area contributed by atoms with Crippen LogP contribution in [0, 0.1) is 0 Å². The van der Waals surface area contributed by atoms with Gasteiger partial charge in [0, 0.05) is 6.42 Å². The van der Waals surface area contributed by atoms with Gasteiger partial charge in [0.2, 0.25) is 5.91 Å². The summed E-state index contributed by atoms with van der Waals surface area (Å²) in [6, 6.07) is -0.890. The van der Waals surface area contributed by atoms with E-state index in [1.54, 1.807) is 6.08 Å². The monoisotopic (exact) mass is 1130 g/mol. The number of amides is 1. The van der Waals surface area contributed by atoms with Gasteiger partial charge in [-0.1, -0.05) is 276 Å². The predicted octanol–water partition coefficient (Wildman–Crippen LogP) is 20.7. The lowest BCUT2D eigenvalue weighted by molar-refractivity contribution is -0.870. The van der Waals surface area contributed by atoms with Gasteiger partial charge in [0.05, 0.1) is 39.9 Å². The van der Waals surface area contributed by atoms with Gasteiger partial charge in [-0.3, -0.25) is 13.8 Å². The molecule has 0 rings (SSSR count). The number of nitrogens with zero attached hydrogens (tertiary/aromatic N) is 1. The molecule has 9 heteroatoms. The number of phosphoric ester groups is 1. The summed E-state index contributed by atoms with van der Waals surface area (Å²) in [5, 5.41) is 13.9. The van der Waals surface area contributed by atoms with Gasteiger partial charge in [-0.15, -0.1) is 0 Å². The van der Waals surface area contributed by atoms with Crippen LogP contribution in [-0.2, 0) is 18.4 Å². The van der Waals surface area contributed by atoms with Gasteiger partial charge in [-0.25, -0.2) is 4.57 Å². The van der Waals surface area contributed by atoms with Crippen molar-refractivity contribution in [2.24, 2.45) is 0 Å². The fourth-order valence-corrected chi connectivity index (χ4v) is 9.53. The molecule has 0 aliphatic rings. The lowest BCUT2D eigenvalue weighted by atomic mass is 10.0. The highest BCUT2D eigenvalue weighted by molar-refractivity contribution is 7.47. The van der Waals surface area contributed by atoms with Gasteiger partial charge in [0.25, 0.3) is 0 Å². The summed E-state index contributed by atoms with van der Waals surface area (Å²) in [5.41, 5.74) is 0. The van der Waals surface area contributed by atoms with Crippen LogP contribution in [0.4, 0.5) is 0 Å². The Balaban J connectivity index is 4.29. The van der Waals surface area contributed by atoms with Crippen LogP contribution in [0.25, 0.3) is 0 Å². The molecular formula is C71H124N2O6P+. The van der Waals surface area contributed by atoms with Crippen LogP contribution in [0.15, 0.2) is 134 Å². The quantitative estimate of drug-likeness (QED) is 0.0243. The van der Waals surface area contributed by atoms with Crippen molar-refractivity contribution in [1.29, 1.82) is 0 Å². The summed E-state index contributed by atoms with van der Waals surface area (Å²) in [6.07, 6.45) is 91.5. The van der Waals surface area contributed by atoms with Crippen LogP contribution in [0.3, 0.4) is 0 Å². The Labute approximate surface area is 494 Å². The molecule has 0 saturated carbocycles. The number of carbonyl (C=O) groups is 1. The number of phosphoric acid groups is 1. The molecule has 0 aromatic heterocycles. The SMILES string of the molecule is CC/C=C\C/C=C\C/C=C\C/C=C\C/C=C\C/C=C\C/C=C\C/C=C\CCCCCCCCC(=O)NC(COP(=O)(O)OCC[N+](C)(C)C)C(O)/C=C/CC/C=C/CC/C=C/CCCCCCCCCCCCCCCCCCC. The van der Waals surface area contributed by atoms with Crippen LogP contribution >= 0.6 is 7.82 Å². The third kappa shape index (κ3) is 62.2. The van der Waals surface area contributed by atoms with E-state index in [1.165, 1.54) is 116 Å². The van der Waals surface area contributed by atoms with Crippen LogP contribution in [0.5, 0.6) is 0 Å². The number of aliphatic hydroxyl groups excluding tert-OH is 1. The van der Waals surface area contributed by atoms with Crippen molar-refractivity contribution < 1.29 is 32.9 Å². The van der Waals surface area contributed by atoms with E-state index in [0.717, 1.165) is 122 Å². The maximum atomic E-state index is 13.0. The standard InChI is InChI=1S/C71H123N2O6P/c1-6-8-10-12-14-16-18-20-22-24-26-28-30-32-34-35-36-37-39-41-43-45-47-49-51-53-55-57-59-61-63-65-71(75)72-69(68-79-80(76,77)78-67-66-73(3,4)5)70(74)64-62-60-58-56-54-52-50-48-46-44-42-40-38-33-31-29-27-25-23-21-19-17-15-13-11-9-7-2/h8,10,14,16,20,22,26,28,32,34,36-37,41,43,46-49,54,56,62,64,69-70,74H,6-7,9,11-13,15,17-19,21,23-25,27,29-31,33,35,38-40,42,44-45,50-53,55,57-61,63,65-68H2,1-5H3,(H-,72,75,76,77)/p+1/b10-8-,16-14-,22-20-,28-26-,34-32-,37-36-,43-41-,48-46+,49-47-,56-54+,64-62+. The number of hydrogen-bond acceptors (Lipinski definition) is 5. The Morgan fingerprint density at radius 3 is 1.15 bits per heavy atom. The molecule has 0 saturated heterocycles. The second-order valence-electron chi connectivity index (χ2n) is 22.7. The first kappa shape index (κ1) is 76.6. The average Bonchev–Trinajstić information content (AvgIpc) is 3.42. The third-order valence-electron chi connectivity index (χ3n) is 13.8. The Bertz CT molecular complexity index is 1760. The number of carbonyl (C=O) groups excluding carboxylic acids is 1. The van der Waals surface area contributed by atoms with Crippen molar-refractivity contribution >= 4 is 13.7 Å². The van der Waals surface area contributed by atoms with Crippen molar-refractivity contribution in [1.82, 2.24) is 5.32 Å². The first-order valence-corrected chi connectivity index (χ1v) is 34.1. The number of nitrogens with one attached hydrogen (secondary N) is 1. The molecule has 80 heavy (non-hydrogen) atoms. The fraction of sp³-hybridized carbons (Fsp3) is 0.676. The molecule has 458 valence electrons. The van der Waals surface area contributed by atoms with E-state index in [-0.39, 0.29) is 19.1 Å². The highest BCUT2D eigenvalue weighted by Crippen LogP contribution is 2.43. The molecule has 0 bridgehead atoms. The molecule has 0 heterocycles. The molecule has 0 aromatic carbocycles. The minimum Gasteiger partial charge on any atom is -0.387 e. The summed E-state index contributed by atoms with van der Waals surface area (Å²) in [4.78, 5) is 23.4. The summed E-state index contributed by atoms with van der Waals surface area (Å²) >= 11 is 0. The molecule has 0 radical (unpaired) electrons. The molecule has 0 aliphatic carbocycles. The smallest absolute Gasteiger partial charge is 0.387 e. The Kier molecular flexibility index (Phi) is 57.7. The summed E-state index contributed by atoms with van der Waals surface area (Å²) in [6.45, 7) is 4.66. The van der Waals surface area contributed by atoms with E-state index in [0.29, 0.717) is 17.4 Å². The van der Waals surface area contributed by atoms with Gasteiger partial charge in [-0.2, -0.15) is 0 Å². The number of likely N-dealkylation sites (N-methyl/N-ethyl adjacent to an activating group) is 1. The normalized spacial score (nSPS) is 14.6. The number of rotatable bonds is 58. The molecule has 1 amide bonds. The highest BCUT2D eigenvalue weighted by Gasteiger charge is 2.27. The molecule has 0 fully saturated rings. The van der Waals surface area contributed by atoms with Gasteiger partial charge in [0.15, 0.2) is 0 Å². The first-order chi connectivity index (χ1) is 39.0. The second-order valence-corrected chi connectivity index (χ2v) is 24.2. The van der Waals surface area contributed by atoms with Crippen LogP contribution in [0.1, 0.15) is 258 Å². The van der Waals surface area contributed by atoms with Gasteiger partial charge < -0.3 is 19.8 Å². The second kappa shape index (κ2) is 60.2. The van der Waals surface area contributed by atoms with E-state index in [4.69, 9.17) is 9.05 Å². The molecule has 3 N–H and O–H groups in total. The summed E-state index contributed by atoms with van der Waals surface area (Å²) in [7, 11) is 1.52. The third-order valence-corrected chi connectivity index (χ3v) is 14.8. The largest absolute Gasteiger partial charge is 0.472 e. The molecular weight excluding hydrogens is 1010 g/mol. The van der Waals surface area contributed by atoms with Crippen molar-refractivity contribution in [2.75, 3.05) is 40.9 Å². The molecule has 3 atom stereocenters. The lowest BCUT2D eigenvalue weighted by Crippen LogP contribution is -2.45. The predicted molar refractivity (Wildman–Crippen MR) is 350 cm³/mol. The molecule has 0 aromatic rings. The van der Waals surface area contributed by atoms with Crippen molar-refractivity contribution in [3.63, 3.8) is 0 Å².